The third kappa shape index (κ3) is 10.0. The number of pyridine rings is 1. The van der Waals surface area contributed by atoms with Gasteiger partial charge in [-0.25, -0.2) is 13.8 Å². The highest BCUT2D eigenvalue weighted by molar-refractivity contribution is 6.25. The highest BCUT2D eigenvalue weighted by Gasteiger charge is 2.45. The first-order chi connectivity index (χ1) is 28.8. The monoisotopic (exact) mass is 826 g/mol. The van der Waals surface area contributed by atoms with E-state index in [0.29, 0.717) is 42.8 Å². The molecule has 5 N–H and O–H groups in total. The minimum atomic E-state index is -1.15. The molecule has 1 unspecified atom stereocenters. The van der Waals surface area contributed by atoms with Crippen molar-refractivity contribution in [1.29, 1.82) is 0 Å². The van der Waals surface area contributed by atoms with Gasteiger partial charge in [-0.2, -0.15) is 0 Å². The van der Waals surface area contributed by atoms with Gasteiger partial charge in [0.1, 0.15) is 35.5 Å². The van der Waals surface area contributed by atoms with Crippen molar-refractivity contribution in [3.8, 4) is 11.5 Å². The standard InChI is InChI=1S/C41H44F2N10O7/c1-23(2)52-22-46-51-37(52)29-12-9-13-32(47-29)49-38(57)25-20-30(27(43)21-26(25)42)48-34(55)17-16-33(54)45-19-7-5-3-4-6-18-44-28-11-8-10-24-36(28)41(60)53(40(24)59)31-14-15-35(56)50-39(31)58/h8-13,20-23,31,44H,3-7,14-19H2,1-2H3,(H,45,54)(H,48,55)(H,47,49,57)(H,50,56,58). The fraction of sp³-hybridized carbons (Fsp3) is 0.366. The van der Waals surface area contributed by atoms with E-state index in [4.69, 9.17) is 0 Å². The molecule has 2 aromatic heterocycles. The molecule has 19 heteroatoms. The molecule has 2 aromatic carbocycles. The van der Waals surface area contributed by atoms with Crippen LogP contribution in [0, 0.1) is 11.6 Å². The molecule has 1 fully saturated rings. The maximum atomic E-state index is 14.7. The Kier molecular flexibility index (Phi) is 13.7. The van der Waals surface area contributed by atoms with Crippen LogP contribution in [0.15, 0.2) is 54.9 Å². The molecular weight excluding hydrogens is 783 g/mol. The number of carbonyl (C=O) groups excluding carboxylic acids is 7. The quantitative estimate of drug-likeness (QED) is 0.0680. The van der Waals surface area contributed by atoms with Crippen LogP contribution in [0.2, 0.25) is 0 Å². The van der Waals surface area contributed by atoms with E-state index in [2.05, 4.69) is 41.8 Å². The second kappa shape index (κ2) is 19.2. The molecule has 2 aliphatic rings. The average molecular weight is 827 g/mol. The minimum Gasteiger partial charge on any atom is -0.384 e. The second-order valence-electron chi connectivity index (χ2n) is 14.6. The molecule has 4 heterocycles. The largest absolute Gasteiger partial charge is 0.384 e. The summed E-state index contributed by atoms with van der Waals surface area (Å²) in [7, 11) is 0. The zero-order valence-corrected chi connectivity index (χ0v) is 33.0. The van der Waals surface area contributed by atoms with Gasteiger partial charge in [-0.1, -0.05) is 31.4 Å². The lowest BCUT2D eigenvalue weighted by Gasteiger charge is -2.27. The summed E-state index contributed by atoms with van der Waals surface area (Å²) >= 11 is 0. The third-order valence-corrected chi connectivity index (χ3v) is 9.96. The zero-order valence-electron chi connectivity index (χ0n) is 33.0. The van der Waals surface area contributed by atoms with Crippen LogP contribution >= 0.6 is 0 Å². The molecule has 60 heavy (non-hydrogen) atoms. The average Bonchev–Trinajstić information content (AvgIpc) is 3.81. The van der Waals surface area contributed by atoms with E-state index in [9.17, 15) is 42.3 Å². The van der Waals surface area contributed by atoms with Gasteiger partial charge in [0.05, 0.1) is 22.4 Å². The van der Waals surface area contributed by atoms with Crippen LogP contribution in [0.5, 0.6) is 0 Å². The number of unbranched alkanes of at least 4 members (excludes halogenated alkanes) is 4. The van der Waals surface area contributed by atoms with Crippen LogP contribution in [0.3, 0.4) is 0 Å². The maximum absolute atomic E-state index is 14.7. The van der Waals surface area contributed by atoms with Gasteiger partial charge in [0.2, 0.25) is 23.6 Å². The fourth-order valence-electron chi connectivity index (χ4n) is 6.86. The summed E-state index contributed by atoms with van der Waals surface area (Å²) in [5.41, 5.74) is 0.354. The van der Waals surface area contributed by atoms with Crippen molar-refractivity contribution in [2.24, 2.45) is 0 Å². The Morgan fingerprint density at radius 2 is 1.58 bits per heavy atom. The van der Waals surface area contributed by atoms with E-state index in [1.165, 1.54) is 6.07 Å². The summed E-state index contributed by atoms with van der Waals surface area (Å²) in [6.45, 7) is 4.79. The number of nitrogens with zero attached hydrogens (tertiary/aromatic N) is 5. The summed E-state index contributed by atoms with van der Waals surface area (Å²) in [4.78, 5) is 93.5. The highest BCUT2D eigenvalue weighted by Crippen LogP contribution is 2.32. The second-order valence-corrected chi connectivity index (χ2v) is 14.6. The number of piperidine rings is 1. The first-order valence-electron chi connectivity index (χ1n) is 19.6. The summed E-state index contributed by atoms with van der Waals surface area (Å²) in [5, 5.41) is 20.9. The van der Waals surface area contributed by atoms with E-state index in [1.807, 2.05) is 13.8 Å². The number of hydrogen-bond acceptors (Lipinski definition) is 11. The van der Waals surface area contributed by atoms with Gasteiger partial charge in [0.15, 0.2) is 5.82 Å². The maximum Gasteiger partial charge on any atom is 0.264 e. The highest BCUT2D eigenvalue weighted by atomic mass is 19.1. The molecule has 0 bridgehead atoms. The molecule has 314 valence electrons. The number of hydrogen-bond donors (Lipinski definition) is 5. The third-order valence-electron chi connectivity index (χ3n) is 9.96. The normalized spacial score (nSPS) is 14.9. The summed E-state index contributed by atoms with van der Waals surface area (Å²) in [6.07, 6.45) is 5.19. The lowest BCUT2D eigenvalue weighted by atomic mass is 10.0. The Labute approximate surface area is 343 Å². The smallest absolute Gasteiger partial charge is 0.264 e. The van der Waals surface area contributed by atoms with Crippen LogP contribution in [-0.4, -0.2) is 85.1 Å². The number of carbonyl (C=O) groups is 7. The van der Waals surface area contributed by atoms with Crippen molar-refractivity contribution < 1.29 is 42.3 Å². The summed E-state index contributed by atoms with van der Waals surface area (Å²) in [5.74, 6) is -5.96. The van der Waals surface area contributed by atoms with Crippen molar-refractivity contribution in [3.05, 3.63) is 83.2 Å². The van der Waals surface area contributed by atoms with Gasteiger partial charge in [-0.05, 0) is 63.4 Å². The number of nitrogens with one attached hydrogen (secondary N) is 5. The molecule has 0 aliphatic carbocycles. The van der Waals surface area contributed by atoms with Crippen LogP contribution in [-0.2, 0) is 19.2 Å². The van der Waals surface area contributed by atoms with Crippen molar-refractivity contribution in [1.82, 2.24) is 35.3 Å². The fourth-order valence-corrected chi connectivity index (χ4v) is 6.86. The Morgan fingerprint density at radius 1 is 0.850 bits per heavy atom. The number of benzene rings is 2. The van der Waals surface area contributed by atoms with Crippen molar-refractivity contribution >= 4 is 58.5 Å². The molecule has 0 spiro atoms. The molecular formula is C41H44F2N10O7. The van der Waals surface area contributed by atoms with E-state index >= 15 is 0 Å². The number of amides is 7. The van der Waals surface area contributed by atoms with Crippen LogP contribution in [0.4, 0.5) is 26.0 Å². The number of fused-ring (bicyclic) bond motifs is 1. The molecule has 1 saturated heterocycles. The molecule has 2 aliphatic heterocycles. The lowest BCUT2D eigenvalue weighted by Crippen LogP contribution is -2.54. The first kappa shape index (κ1) is 42.7. The van der Waals surface area contributed by atoms with E-state index in [-0.39, 0.29) is 54.6 Å². The molecule has 1 atom stereocenters. The number of imide groups is 2. The first-order valence-corrected chi connectivity index (χ1v) is 19.6. The Hall–Kier alpha value is -6.92. The summed E-state index contributed by atoms with van der Waals surface area (Å²) in [6, 6.07) is 10.1. The van der Waals surface area contributed by atoms with Crippen molar-refractivity contribution in [2.45, 2.75) is 83.7 Å². The molecule has 7 amide bonds. The minimum absolute atomic E-state index is 0.0389. The number of halogens is 2. The van der Waals surface area contributed by atoms with Gasteiger partial charge < -0.3 is 25.8 Å². The number of rotatable bonds is 18. The number of aromatic nitrogens is 4. The van der Waals surface area contributed by atoms with Gasteiger partial charge in [0, 0.05) is 50.1 Å². The number of anilines is 3. The van der Waals surface area contributed by atoms with Crippen LogP contribution < -0.4 is 26.6 Å². The van der Waals surface area contributed by atoms with E-state index in [0.717, 1.165) is 36.6 Å². The Balaban J connectivity index is 0.873. The van der Waals surface area contributed by atoms with Crippen LogP contribution in [0.1, 0.15) is 109 Å². The predicted octanol–water partition coefficient (Wildman–Crippen LogP) is 4.75. The van der Waals surface area contributed by atoms with Gasteiger partial charge in [-0.3, -0.25) is 43.8 Å². The topological polar surface area (TPSA) is 226 Å². The van der Waals surface area contributed by atoms with Gasteiger partial charge >= 0.3 is 0 Å². The van der Waals surface area contributed by atoms with Crippen molar-refractivity contribution in [3.63, 3.8) is 0 Å². The molecule has 0 saturated carbocycles. The van der Waals surface area contributed by atoms with Gasteiger partial charge in [-0.15, -0.1) is 10.2 Å². The molecule has 17 nitrogen and oxygen atoms in total. The lowest BCUT2D eigenvalue weighted by molar-refractivity contribution is -0.136. The molecule has 6 rings (SSSR count). The zero-order chi connectivity index (χ0) is 42.9. The van der Waals surface area contributed by atoms with Crippen molar-refractivity contribution in [2.75, 3.05) is 29.0 Å². The van der Waals surface area contributed by atoms with E-state index < -0.39 is 64.4 Å². The molecule has 4 aromatic rings. The van der Waals surface area contributed by atoms with E-state index in [1.54, 1.807) is 41.2 Å². The van der Waals surface area contributed by atoms with Gasteiger partial charge in [0.25, 0.3) is 17.7 Å². The molecule has 0 radical (unpaired) electrons. The summed E-state index contributed by atoms with van der Waals surface area (Å²) < 4.78 is 31.1. The Bertz CT molecular complexity index is 2330. The van der Waals surface area contributed by atoms with Crippen LogP contribution in [0.25, 0.3) is 11.5 Å². The Morgan fingerprint density at radius 3 is 2.35 bits per heavy atom. The predicted molar refractivity (Wildman–Crippen MR) is 214 cm³/mol. The SMILES string of the molecule is CC(C)n1cnnc1-c1cccc(NC(=O)c2cc(NC(=O)CCC(=O)NCCCCCCCNc3cccc4c3C(=O)N(C3CCC(=O)NC3=O)C4=O)c(F)cc2F)n1.